The summed E-state index contributed by atoms with van der Waals surface area (Å²) < 4.78 is 6.67. The highest BCUT2D eigenvalue weighted by molar-refractivity contribution is 5.70. The molecule has 0 aromatic carbocycles. The molecule has 1 heterocycles. The first-order chi connectivity index (χ1) is 7.81. The van der Waals surface area contributed by atoms with Crippen LogP contribution >= 0.6 is 0 Å². The van der Waals surface area contributed by atoms with Gasteiger partial charge < -0.3 is 4.74 Å². The third kappa shape index (κ3) is 2.72. The van der Waals surface area contributed by atoms with E-state index >= 15 is 0 Å². The number of aromatic nitrogens is 2. The molecule has 4 nitrogen and oxygen atoms in total. The number of hydrogen-bond donors (Lipinski definition) is 0. The van der Waals surface area contributed by atoms with Crippen molar-refractivity contribution < 1.29 is 9.53 Å². The second kappa shape index (κ2) is 4.96. The summed E-state index contributed by atoms with van der Waals surface area (Å²) in [6, 6.07) is 0. The molecule has 16 heavy (non-hydrogen) atoms. The molecule has 86 valence electrons. The van der Waals surface area contributed by atoms with Gasteiger partial charge in [-0.25, -0.2) is 14.3 Å². The third-order valence-electron chi connectivity index (χ3n) is 2.81. The zero-order valence-corrected chi connectivity index (χ0v) is 9.21. The molecule has 2 unspecified atom stereocenters. The predicted molar refractivity (Wildman–Crippen MR) is 60.0 cm³/mol. The molecule has 0 amide bonds. The molecule has 0 N–H and O–H groups in total. The summed E-state index contributed by atoms with van der Waals surface area (Å²) in [5, 5.41) is 0. The summed E-state index contributed by atoms with van der Waals surface area (Å²) in [6.07, 6.45) is 10.6. The first-order valence-electron chi connectivity index (χ1n) is 5.61. The van der Waals surface area contributed by atoms with Gasteiger partial charge in [-0.15, -0.1) is 6.58 Å². The van der Waals surface area contributed by atoms with Crippen LogP contribution in [0.1, 0.15) is 25.7 Å². The van der Waals surface area contributed by atoms with Crippen molar-refractivity contribution in [2.24, 2.45) is 5.92 Å². The first-order valence-corrected chi connectivity index (χ1v) is 5.61. The number of allylic oxidation sites excluding steroid dienone is 1. The Morgan fingerprint density at radius 1 is 1.69 bits per heavy atom. The quantitative estimate of drug-likeness (QED) is 0.566. The zero-order valence-electron chi connectivity index (χ0n) is 9.21. The highest BCUT2D eigenvalue weighted by Gasteiger charge is 2.40. The second-order valence-corrected chi connectivity index (χ2v) is 4.11. The minimum absolute atomic E-state index is 0.111. The minimum Gasteiger partial charge on any atom is -0.445 e. The SMILES string of the molecule is C=CCCCC1CC1OC(=O)n1ccnc1. The minimum atomic E-state index is -0.325. The van der Waals surface area contributed by atoms with Crippen LogP contribution in [-0.2, 0) is 4.74 Å². The Kier molecular flexibility index (Phi) is 3.39. The maximum Gasteiger partial charge on any atom is 0.419 e. The van der Waals surface area contributed by atoms with Crippen LogP contribution in [0, 0.1) is 5.92 Å². The van der Waals surface area contributed by atoms with Gasteiger partial charge in [0, 0.05) is 12.4 Å². The van der Waals surface area contributed by atoms with Crippen LogP contribution in [-0.4, -0.2) is 21.7 Å². The first kappa shape index (κ1) is 10.9. The molecule has 2 atom stereocenters. The van der Waals surface area contributed by atoms with Crippen molar-refractivity contribution >= 4 is 6.09 Å². The van der Waals surface area contributed by atoms with E-state index in [4.69, 9.17) is 4.74 Å². The number of rotatable bonds is 5. The molecule has 4 heteroatoms. The van der Waals surface area contributed by atoms with E-state index in [0.717, 1.165) is 25.7 Å². The van der Waals surface area contributed by atoms with Gasteiger partial charge in [-0.1, -0.05) is 6.08 Å². The molecule has 1 saturated carbocycles. The summed E-state index contributed by atoms with van der Waals surface area (Å²) in [4.78, 5) is 15.3. The van der Waals surface area contributed by atoms with Crippen molar-refractivity contribution in [3.8, 4) is 0 Å². The van der Waals surface area contributed by atoms with Crippen LogP contribution in [0.15, 0.2) is 31.4 Å². The lowest BCUT2D eigenvalue weighted by molar-refractivity contribution is 0.134. The summed E-state index contributed by atoms with van der Waals surface area (Å²) in [5.41, 5.74) is 0. The fourth-order valence-corrected chi connectivity index (χ4v) is 1.75. The summed E-state index contributed by atoms with van der Waals surface area (Å²) in [7, 11) is 0. The van der Waals surface area contributed by atoms with E-state index in [2.05, 4.69) is 11.6 Å². The van der Waals surface area contributed by atoms with Gasteiger partial charge in [0.1, 0.15) is 12.4 Å². The molecule has 1 aromatic heterocycles. The fourth-order valence-electron chi connectivity index (χ4n) is 1.75. The Hall–Kier alpha value is -1.58. The fraction of sp³-hybridized carbons (Fsp3) is 0.500. The van der Waals surface area contributed by atoms with Gasteiger partial charge in [0.15, 0.2) is 0 Å². The Morgan fingerprint density at radius 2 is 2.56 bits per heavy atom. The molecule has 1 fully saturated rings. The van der Waals surface area contributed by atoms with Crippen LogP contribution in [0.3, 0.4) is 0 Å². The molecule has 0 aliphatic heterocycles. The number of carbonyl (C=O) groups excluding carboxylic acids is 1. The number of ether oxygens (including phenoxy) is 1. The Balaban J connectivity index is 1.69. The summed E-state index contributed by atoms with van der Waals surface area (Å²) in [6.45, 7) is 3.68. The second-order valence-electron chi connectivity index (χ2n) is 4.11. The van der Waals surface area contributed by atoms with Gasteiger partial charge >= 0.3 is 6.09 Å². The third-order valence-corrected chi connectivity index (χ3v) is 2.81. The lowest BCUT2D eigenvalue weighted by Gasteiger charge is -2.03. The summed E-state index contributed by atoms with van der Waals surface area (Å²) in [5.74, 6) is 0.549. The van der Waals surface area contributed by atoms with Crippen LogP contribution in [0.25, 0.3) is 0 Å². The van der Waals surface area contributed by atoms with E-state index in [9.17, 15) is 4.79 Å². The Morgan fingerprint density at radius 3 is 3.25 bits per heavy atom. The van der Waals surface area contributed by atoms with Crippen LogP contribution in [0.2, 0.25) is 0 Å². The van der Waals surface area contributed by atoms with E-state index in [0.29, 0.717) is 5.92 Å². The lowest BCUT2D eigenvalue weighted by Crippen LogP contribution is -2.13. The van der Waals surface area contributed by atoms with Gasteiger partial charge in [-0.05, 0) is 31.6 Å². The standard InChI is InChI=1S/C12H16N2O2/c1-2-3-4-5-10-8-11(10)16-12(15)14-7-6-13-9-14/h2,6-7,9-11H,1,3-5,8H2. The van der Waals surface area contributed by atoms with Crippen molar-refractivity contribution in [2.45, 2.75) is 31.8 Å². The molecule has 0 bridgehead atoms. The van der Waals surface area contributed by atoms with Crippen LogP contribution in [0.4, 0.5) is 4.79 Å². The highest BCUT2D eigenvalue weighted by atomic mass is 16.6. The van der Waals surface area contributed by atoms with E-state index in [1.54, 1.807) is 12.4 Å². The number of unbranched alkanes of at least 4 members (excludes halogenated alkanes) is 1. The van der Waals surface area contributed by atoms with Crippen molar-refractivity contribution in [3.05, 3.63) is 31.4 Å². The Labute approximate surface area is 94.9 Å². The van der Waals surface area contributed by atoms with E-state index < -0.39 is 0 Å². The predicted octanol–water partition coefficient (Wildman–Crippen LogP) is 2.61. The average Bonchev–Trinajstić information content (AvgIpc) is 2.82. The molecule has 1 aromatic rings. The van der Waals surface area contributed by atoms with Crippen LogP contribution in [0.5, 0.6) is 0 Å². The summed E-state index contributed by atoms with van der Waals surface area (Å²) >= 11 is 0. The molecule has 0 saturated heterocycles. The van der Waals surface area contributed by atoms with Gasteiger partial charge in [-0.2, -0.15) is 0 Å². The Bertz CT molecular complexity index is 359. The van der Waals surface area contributed by atoms with E-state index in [1.165, 1.54) is 10.9 Å². The maximum absolute atomic E-state index is 11.5. The average molecular weight is 220 g/mol. The number of carbonyl (C=O) groups is 1. The van der Waals surface area contributed by atoms with E-state index in [-0.39, 0.29) is 12.2 Å². The van der Waals surface area contributed by atoms with E-state index in [1.807, 2.05) is 6.08 Å². The smallest absolute Gasteiger partial charge is 0.419 e. The number of hydrogen-bond acceptors (Lipinski definition) is 3. The molecule has 0 radical (unpaired) electrons. The van der Waals surface area contributed by atoms with Crippen molar-refractivity contribution in [1.29, 1.82) is 0 Å². The number of imidazole rings is 1. The lowest BCUT2D eigenvalue weighted by atomic mass is 10.2. The van der Waals surface area contributed by atoms with Crippen LogP contribution < -0.4 is 0 Å². The van der Waals surface area contributed by atoms with Gasteiger partial charge in [0.2, 0.25) is 0 Å². The molecular formula is C12H16N2O2. The van der Waals surface area contributed by atoms with Crippen molar-refractivity contribution in [2.75, 3.05) is 0 Å². The topological polar surface area (TPSA) is 44.1 Å². The highest BCUT2D eigenvalue weighted by Crippen LogP contribution is 2.38. The van der Waals surface area contributed by atoms with Gasteiger partial charge in [0.25, 0.3) is 0 Å². The van der Waals surface area contributed by atoms with Gasteiger partial charge in [0.05, 0.1) is 0 Å². The van der Waals surface area contributed by atoms with Gasteiger partial charge in [-0.3, -0.25) is 0 Å². The normalized spacial score (nSPS) is 22.8. The molecule has 1 aliphatic rings. The van der Waals surface area contributed by atoms with Crippen molar-refractivity contribution in [1.82, 2.24) is 9.55 Å². The molecule has 2 rings (SSSR count). The number of nitrogens with zero attached hydrogens (tertiary/aromatic N) is 2. The monoisotopic (exact) mass is 220 g/mol. The largest absolute Gasteiger partial charge is 0.445 e. The molecule has 0 spiro atoms. The molecule has 1 aliphatic carbocycles. The zero-order chi connectivity index (χ0) is 11.4. The van der Waals surface area contributed by atoms with Crippen molar-refractivity contribution in [3.63, 3.8) is 0 Å². The maximum atomic E-state index is 11.5. The molecular weight excluding hydrogens is 204 g/mol.